The molecule has 0 bridgehead atoms. The van der Waals surface area contributed by atoms with Crippen LogP contribution >= 0.6 is 0 Å². The van der Waals surface area contributed by atoms with Crippen molar-refractivity contribution in [1.82, 2.24) is 0 Å². The molecule has 0 amide bonds. The number of hydrogen-bond donors (Lipinski definition) is 1. The molecule has 0 saturated carbocycles. The Bertz CT molecular complexity index is 362. The third-order valence-corrected chi connectivity index (χ3v) is 2.69. The maximum absolute atomic E-state index is 11.5. The molecule has 0 radical (unpaired) electrons. The number of nitrogens with two attached hydrogens (primary N) is 1. The van der Waals surface area contributed by atoms with Crippen molar-refractivity contribution in [3.63, 3.8) is 0 Å². The van der Waals surface area contributed by atoms with Crippen LogP contribution in [0, 0.1) is 0 Å². The number of benzene rings is 1. The maximum Gasteiger partial charge on any atom is 0.327 e. The fourth-order valence-electron chi connectivity index (χ4n) is 1.68. The van der Waals surface area contributed by atoms with Gasteiger partial charge in [-0.2, -0.15) is 0 Å². The Hall–Kier alpha value is -1.39. The maximum atomic E-state index is 11.5. The molecule has 1 unspecified atom stereocenters. The van der Waals surface area contributed by atoms with E-state index in [2.05, 4.69) is 0 Å². The second-order valence-electron chi connectivity index (χ2n) is 4.07. The summed E-state index contributed by atoms with van der Waals surface area (Å²) in [5.41, 5.74) is 7.80. The lowest BCUT2D eigenvalue weighted by Crippen LogP contribution is -2.23. The molecule has 1 atom stereocenters. The number of carbonyl (C=O) groups is 1. The molecule has 4 heteroatoms. The molecule has 0 spiro atoms. The summed E-state index contributed by atoms with van der Waals surface area (Å²) in [6, 6.07) is 7.04. The van der Waals surface area contributed by atoms with E-state index in [0.29, 0.717) is 6.61 Å². The van der Waals surface area contributed by atoms with Crippen molar-refractivity contribution in [3.05, 3.63) is 35.4 Å². The summed E-state index contributed by atoms with van der Waals surface area (Å²) < 4.78 is 9.89. The molecule has 0 fully saturated rings. The minimum absolute atomic E-state index is 0.349. The van der Waals surface area contributed by atoms with Gasteiger partial charge < -0.3 is 15.2 Å². The number of esters is 1. The van der Waals surface area contributed by atoms with Crippen LogP contribution in [0.4, 0.5) is 0 Å². The van der Waals surface area contributed by atoms with Crippen molar-refractivity contribution < 1.29 is 14.3 Å². The second kappa shape index (κ2) is 7.84. The third-order valence-electron chi connectivity index (χ3n) is 2.69. The van der Waals surface area contributed by atoms with Gasteiger partial charge in [0.25, 0.3) is 0 Å². The van der Waals surface area contributed by atoms with Crippen LogP contribution in [0.3, 0.4) is 0 Å². The predicted octanol–water partition coefficient (Wildman–Crippen LogP) is 1.83. The average Bonchev–Trinajstić information content (AvgIpc) is 2.39. The van der Waals surface area contributed by atoms with E-state index in [4.69, 9.17) is 15.2 Å². The highest BCUT2D eigenvalue weighted by atomic mass is 16.5. The second-order valence-corrected chi connectivity index (χ2v) is 4.07. The first-order chi connectivity index (χ1) is 8.69. The van der Waals surface area contributed by atoms with Crippen molar-refractivity contribution in [2.45, 2.75) is 25.8 Å². The van der Waals surface area contributed by atoms with Gasteiger partial charge in [-0.05, 0) is 30.9 Å². The van der Waals surface area contributed by atoms with Gasteiger partial charge in [-0.25, -0.2) is 4.79 Å². The monoisotopic (exact) mass is 251 g/mol. The molecular weight excluding hydrogens is 230 g/mol. The zero-order valence-electron chi connectivity index (χ0n) is 11.0. The van der Waals surface area contributed by atoms with Crippen molar-refractivity contribution >= 4 is 5.97 Å². The fourth-order valence-corrected chi connectivity index (χ4v) is 1.68. The minimum Gasteiger partial charge on any atom is -0.465 e. The molecule has 100 valence electrons. The van der Waals surface area contributed by atoms with Crippen LogP contribution in [-0.2, 0) is 20.7 Å². The lowest BCUT2D eigenvalue weighted by atomic mass is 10.0. The Balaban J connectivity index is 2.56. The first kappa shape index (κ1) is 14.7. The van der Waals surface area contributed by atoms with Crippen LogP contribution in [0.15, 0.2) is 24.3 Å². The largest absolute Gasteiger partial charge is 0.465 e. The van der Waals surface area contributed by atoms with Crippen LogP contribution in [0.2, 0.25) is 0 Å². The molecule has 18 heavy (non-hydrogen) atoms. The number of aryl methyl sites for hydroxylation is 1. The first-order valence-corrected chi connectivity index (χ1v) is 6.19. The Kier molecular flexibility index (Phi) is 6.39. The van der Waals surface area contributed by atoms with Crippen molar-refractivity contribution in [1.29, 1.82) is 0 Å². The highest BCUT2D eigenvalue weighted by Crippen LogP contribution is 2.14. The number of ether oxygens (including phenoxy) is 2. The summed E-state index contributed by atoms with van der Waals surface area (Å²) in [5, 5.41) is 0. The molecule has 1 aromatic carbocycles. The van der Waals surface area contributed by atoms with Gasteiger partial charge in [0.1, 0.15) is 6.04 Å². The van der Waals surface area contributed by atoms with Gasteiger partial charge in [0.15, 0.2) is 0 Å². The molecule has 1 aromatic rings. The number of methoxy groups -OCH3 is 1. The SMILES string of the molecule is CCOC(=O)C(N)c1ccc(CCCOC)cc1. The Morgan fingerprint density at radius 1 is 1.33 bits per heavy atom. The fraction of sp³-hybridized carbons (Fsp3) is 0.500. The van der Waals surface area contributed by atoms with Crippen molar-refractivity contribution in [2.75, 3.05) is 20.3 Å². The zero-order chi connectivity index (χ0) is 13.4. The van der Waals surface area contributed by atoms with E-state index in [1.54, 1.807) is 14.0 Å². The van der Waals surface area contributed by atoms with Crippen LogP contribution < -0.4 is 5.73 Å². The summed E-state index contributed by atoms with van der Waals surface area (Å²) in [6.45, 7) is 2.87. The van der Waals surface area contributed by atoms with E-state index in [0.717, 1.165) is 25.0 Å². The third kappa shape index (κ3) is 4.47. The van der Waals surface area contributed by atoms with Gasteiger partial charge in [-0.15, -0.1) is 0 Å². The molecule has 0 saturated heterocycles. The van der Waals surface area contributed by atoms with E-state index >= 15 is 0 Å². The summed E-state index contributed by atoms with van der Waals surface area (Å²) in [5.74, 6) is -0.385. The highest BCUT2D eigenvalue weighted by Gasteiger charge is 2.16. The summed E-state index contributed by atoms with van der Waals surface area (Å²) >= 11 is 0. The molecule has 0 aliphatic carbocycles. The van der Waals surface area contributed by atoms with Crippen LogP contribution in [-0.4, -0.2) is 26.3 Å². The molecule has 4 nitrogen and oxygen atoms in total. The van der Waals surface area contributed by atoms with Gasteiger partial charge in [0.2, 0.25) is 0 Å². The predicted molar refractivity (Wildman–Crippen MR) is 70.2 cm³/mol. The Morgan fingerprint density at radius 3 is 2.56 bits per heavy atom. The van der Waals surface area contributed by atoms with Crippen molar-refractivity contribution in [2.24, 2.45) is 5.73 Å². The lowest BCUT2D eigenvalue weighted by molar-refractivity contribution is -0.144. The molecule has 0 aliphatic heterocycles. The van der Waals surface area contributed by atoms with Crippen LogP contribution in [0.1, 0.15) is 30.5 Å². The Labute approximate surface area is 108 Å². The standard InChI is InChI=1S/C14H21NO3/c1-3-18-14(16)13(15)12-8-6-11(7-9-12)5-4-10-17-2/h6-9,13H,3-5,10,15H2,1-2H3. The van der Waals surface area contributed by atoms with E-state index in [1.165, 1.54) is 5.56 Å². The minimum atomic E-state index is -0.696. The van der Waals surface area contributed by atoms with Gasteiger partial charge in [-0.3, -0.25) is 0 Å². The first-order valence-electron chi connectivity index (χ1n) is 6.19. The molecular formula is C14H21NO3. The van der Waals surface area contributed by atoms with E-state index in [9.17, 15) is 4.79 Å². The molecule has 0 heterocycles. The van der Waals surface area contributed by atoms with Crippen LogP contribution in [0.25, 0.3) is 0 Å². The Morgan fingerprint density at radius 2 is 2.00 bits per heavy atom. The van der Waals surface area contributed by atoms with Crippen molar-refractivity contribution in [3.8, 4) is 0 Å². The van der Waals surface area contributed by atoms with E-state index < -0.39 is 6.04 Å². The summed E-state index contributed by atoms with van der Waals surface area (Å²) in [6.07, 6.45) is 1.95. The quantitative estimate of drug-likeness (QED) is 0.593. The topological polar surface area (TPSA) is 61.5 Å². The van der Waals surface area contributed by atoms with Gasteiger partial charge >= 0.3 is 5.97 Å². The lowest BCUT2D eigenvalue weighted by Gasteiger charge is -2.11. The molecule has 0 aromatic heterocycles. The van der Waals surface area contributed by atoms with Crippen LogP contribution in [0.5, 0.6) is 0 Å². The number of carbonyl (C=O) groups excluding carboxylic acids is 1. The summed E-state index contributed by atoms with van der Waals surface area (Å²) in [4.78, 5) is 11.5. The zero-order valence-corrected chi connectivity index (χ0v) is 11.0. The smallest absolute Gasteiger partial charge is 0.327 e. The van der Waals surface area contributed by atoms with Gasteiger partial charge in [-0.1, -0.05) is 24.3 Å². The molecule has 1 rings (SSSR count). The number of rotatable bonds is 7. The number of hydrogen-bond acceptors (Lipinski definition) is 4. The van der Waals surface area contributed by atoms with Gasteiger partial charge in [0.05, 0.1) is 6.61 Å². The highest BCUT2D eigenvalue weighted by molar-refractivity contribution is 5.77. The normalized spacial score (nSPS) is 12.2. The van der Waals surface area contributed by atoms with Gasteiger partial charge in [0, 0.05) is 13.7 Å². The molecule has 0 aliphatic rings. The molecule has 2 N–H and O–H groups in total. The van der Waals surface area contributed by atoms with E-state index in [1.807, 2.05) is 24.3 Å². The summed E-state index contributed by atoms with van der Waals surface area (Å²) in [7, 11) is 1.70. The average molecular weight is 251 g/mol. The van der Waals surface area contributed by atoms with E-state index in [-0.39, 0.29) is 5.97 Å².